The average Bonchev–Trinajstić information content (AvgIpc) is 2.98. The number of hydrogen-bond acceptors (Lipinski definition) is 4. The van der Waals surface area contributed by atoms with Crippen molar-refractivity contribution in [2.45, 2.75) is 20.3 Å². The third kappa shape index (κ3) is 3.42. The third-order valence-corrected chi connectivity index (χ3v) is 4.54. The summed E-state index contributed by atoms with van der Waals surface area (Å²) in [5.41, 5.74) is 2.61. The standard InChI is InChI=1S/C19H19N3O4/c1-12-3-7-15(8-4-12)21-10-9-16(19(21)24)18(23)20-14-6-5-13(2)17(11-14)22(25)26/h3-8,11,16H,9-10H2,1-2H3,(H,20,23). The Kier molecular flexibility index (Phi) is 4.71. The Morgan fingerprint density at radius 3 is 2.54 bits per heavy atom. The number of carbonyl (C=O) groups excluding carboxylic acids is 2. The zero-order valence-electron chi connectivity index (χ0n) is 14.6. The number of nitrogens with one attached hydrogen (secondary N) is 1. The first-order chi connectivity index (χ1) is 12.4. The predicted molar refractivity (Wildman–Crippen MR) is 98.1 cm³/mol. The maximum atomic E-state index is 12.6. The van der Waals surface area contributed by atoms with Crippen molar-refractivity contribution in [3.8, 4) is 0 Å². The predicted octanol–water partition coefficient (Wildman–Crippen LogP) is 3.20. The van der Waals surface area contributed by atoms with E-state index < -0.39 is 16.7 Å². The van der Waals surface area contributed by atoms with Gasteiger partial charge in [-0.3, -0.25) is 19.7 Å². The van der Waals surface area contributed by atoms with Crippen molar-refractivity contribution < 1.29 is 14.5 Å². The molecule has 2 aromatic carbocycles. The quantitative estimate of drug-likeness (QED) is 0.519. The number of nitro groups is 1. The number of benzene rings is 2. The van der Waals surface area contributed by atoms with Gasteiger partial charge >= 0.3 is 0 Å². The van der Waals surface area contributed by atoms with Crippen LogP contribution < -0.4 is 10.2 Å². The number of anilines is 2. The summed E-state index contributed by atoms with van der Waals surface area (Å²) in [7, 11) is 0. The maximum absolute atomic E-state index is 12.6. The van der Waals surface area contributed by atoms with E-state index >= 15 is 0 Å². The number of carbonyl (C=O) groups is 2. The van der Waals surface area contributed by atoms with Crippen molar-refractivity contribution in [3.63, 3.8) is 0 Å². The second kappa shape index (κ2) is 6.95. The van der Waals surface area contributed by atoms with Crippen molar-refractivity contribution in [2.24, 2.45) is 5.92 Å². The molecule has 134 valence electrons. The monoisotopic (exact) mass is 353 g/mol. The van der Waals surface area contributed by atoms with Gasteiger partial charge in [0.05, 0.1) is 4.92 Å². The minimum atomic E-state index is -0.795. The summed E-state index contributed by atoms with van der Waals surface area (Å²) >= 11 is 0. The number of nitro benzene ring substituents is 1. The minimum absolute atomic E-state index is 0.0677. The van der Waals surface area contributed by atoms with Crippen molar-refractivity contribution in [1.29, 1.82) is 0 Å². The van der Waals surface area contributed by atoms with Crippen LogP contribution in [0.25, 0.3) is 0 Å². The normalized spacial score (nSPS) is 16.6. The highest BCUT2D eigenvalue weighted by Gasteiger charge is 2.37. The summed E-state index contributed by atoms with van der Waals surface area (Å²) in [6, 6.07) is 12.0. The molecule has 0 saturated carbocycles. The molecule has 2 aromatic rings. The van der Waals surface area contributed by atoms with E-state index in [4.69, 9.17) is 0 Å². The Bertz CT molecular complexity index is 877. The lowest BCUT2D eigenvalue weighted by atomic mass is 10.1. The van der Waals surface area contributed by atoms with Crippen LogP contribution in [0.5, 0.6) is 0 Å². The van der Waals surface area contributed by atoms with Gasteiger partial charge in [0.2, 0.25) is 11.8 Å². The van der Waals surface area contributed by atoms with Gasteiger partial charge in [-0.1, -0.05) is 23.8 Å². The molecule has 1 atom stereocenters. The van der Waals surface area contributed by atoms with Gasteiger partial charge in [-0.2, -0.15) is 0 Å². The van der Waals surface area contributed by atoms with Crippen molar-refractivity contribution in [3.05, 3.63) is 63.7 Å². The Hall–Kier alpha value is -3.22. The van der Waals surface area contributed by atoms with E-state index in [0.29, 0.717) is 24.2 Å². The molecule has 0 bridgehead atoms. The zero-order chi connectivity index (χ0) is 18.8. The Morgan fingerprint density at radius 1 is 1.19 bits per heavy atom. The van der Waals surface area contributed by atoms with Gasteiger partial charge in [-0.15, -0.1) is 0 Å². The van der Waals surface area contributed by atoms with Crippen LogP contribution in [0, 0.1) is 29.9 Å². The average molecular weight is 353 g/mol. The lowest BCUT2D eigenvalue weighted by molar-refractivity contribution is -0.385. The molecular weight excluding hydrogens is 334 g/mol. The van der Waals surface area contributed by atoms with Gasteiger partial charge < -0.3 is 10.2 Å². The summed E-state index contributed by atoms with van der Waals surface area (Å²) in [5.74, 6) is -1.49. The van der Waals surface area contributed by atoms with Gasteiger partial charge in [0.1, 0.15) is 5.92 Å². The van der Waals surface area contributed by atoms with Crippen LogP contribution >= 0.6 is 0 Å². The minimum Gasteiger partial charge on any atom is -0.325 e. The molecule has 3 rings (SSSR count). The lowest BCUT2D eigenvalue weighted by Gasteiger charge is -2.17. The molecule has 7 heteroatoms. The summed E-state index contributed by atoms with van der Waals surface area (Å²) in [6.45, 7) is 4.06. The highest BCUT2D eigenvalue weighted by atomic mass is 16.6. The molecule has 1 aliphatic heterocycles. The molecule has 0 spiro atoms. The van der Waals surface area contributed by atoms with Gasteiger partial charge in [-0.05, 0) is 38.5 Å². The van der Waals surface area contributed by atoms with E-state index in [1.807, 2.05) is 31.2 Å². The van der Waals surface area contributed by atoms with Crippen LogP contribution in [0.4, 0.5) is 17.1 Å². The Morgan fingerprint density at radius 2 is 1.88 bits per heavy atom. The van der Waals surface area contributed by atoms with Gasteiger partial charge in [0.15, 0.2) is 0 Å². The first-order valence-corrected chi connectivity index (χ1v) is 8.31. The third-order valence-electron chi connectivity index (χ3n) is 4.54. The first kappa shape index (κ1) is 17.6. The molecule has 0 radical (unpaired) electrons. The molecule has 26 heavy (non-hydrogen) atoms. The Balaban J connectivity index is 1.73. The lowest BCUT2D eigenvalue weighted by Crippen LogP contribution is -2.33. The van der Waals surface area contributed by atoms with E-state index in [-0.39, 0.29) is 11.6 Å². The fourth-order valence-electron chi connectivity index (χ4n) is 3.02. The smallest absolute Gasteiger partial charge is 0.274 e. The van der Waals surface area contributed by atoms with Crippen LogP contribution in [0.15, 0.2) is 42.5 Å². The molecule has 1 heterocycles. The second-order valence-corrected chi connectivity index (χ2v) is 6.41. The van der Waals surface area contributed by atoms with Crippen molar-refractivity contribution in [2.75, 3.05) is 16.8 Å². The van der Waals surface area contributed by atoms with E-state index in [9.17, 15) is 19.7 Å². The van der Waals surface area contributed by atoms with Gasteiger partial charge in [0.25, 0.3) is 5.69 Å². The molecule has 2 amide bonds. The summed E-state index contributed by atoms with van der Waals surface area (Å²) in [6.07, 6.45) is 0.409. The van der Waals surface area contributed by atoms with Crippen molar-refractivity contribution in [1.82, 2.24) is 0 Å². The molecule has 0 aromatic heterocycles. The van der Waals surface area contributed by atoms with Crippen LogP contribution in [-0.4, -0.2) is 23.3 Å². The molecule has 1 aliphatic rings. The highest BCUT2D eigenvalue weighted by molar-refractivity contribution is 6.13. The van der Waals surface area contributed by atoms with E-state index in [2.05, 4.69) is 5.32 Å². The van der Waals surface area contributed by atoms with Crippen molar-refractivity contribution >= 4 is 28.9 Å². The van der Waals surface area contributed by atoms with Crippen LogP contribution in [-0.2, 0) is 9.59 Å². The number of amides is 2. The van der Waals surface area contributed by atoms with Gasteiger partial charge in [0, 0.05) is 29.5 Å². The van der Waals surface area contributed by atoms with Gasteiger partial charge in [-0.25, -0.2) is 0 Å². The number of nitrogens with zero attached hydrogens (tertiary/aromatic N) is 2. The maximum Gasteiger partial charge on any atom is 0.274 e. The fraction of sp³-hybridized carbons (Fsp3) is 0.263. The molecule has 0 aliphatic carbocycles. The topological polar surface area (TPSA) is 92.6 Å². The summed E-state index contributed by atoms with van der Waals surface area (Å²) in [4.78, 5) is 37.2. The zero-order valence-corrected chi connectivity index (χ0v) is 14.6. The summed E-state index contributed by atoms with van der Waals surface area (Å²) in [5, 5.41) is 13.7. The van der Waals surface area contributed by atoms with E-state index in [1.54, 1.807) is 24.0 Å². The molecule has 1 unspecified atom stereocenters. The van der Waals surface area contributed by atoms with E-state index in [1.165, 1.54) is 6.07 Å². The van der Waals surface area contributed by atoms with Crippen LogP contribution in [0.1, 0.15) is 17.5 Å². The number of aryl methyl sites for hydroxylation is 2. The largest absolute Gasteiger partial charge is 0.325 e. The molecule has 1 saturated heterocycles. The second-order valence-electron chi connectivity index (χ2n) is 6.41. The Labute approximate surface area is 150 Å². The fourth-order valence-corrected chi connectivity index (χ4v) is 3.02. The molecule has 1 N–H and O–H groups in total. The summed E-state index contributed by atoms with van der Waals surface area (Å²) < 4.78 is 0. The highest BCUT2D eigenvalue weighted by Crippen LogP contribution is 2.27. The molecular formula is C19H19N3O4. The number of hydrogen-bond donors (Lipinski definition) is 1. The van der Waals surface area contributed by atoms with Crippen LogP contribution in [0.3, 0.4) is 0 Å². The molecule has 1 fully saturated rings. The SMILES string of the molecule is Cc1ccc(N2CCC(C(=O)Nc3ccc(C)c([N+](=O)[O-])c3)C2=O)cc1. The molecule has 7 nitrogen and oxygen atoms in total. The van der Waals surface area contributed by atoms with Crippen LogP contribution in [0.2, 0.25) is 0 Å². The van der Waals surface area contributed by atoms with E-state index in [0.717, 1.165) is 11.3 Å². The number of rotatable bonds is 4. The first-order valence-electron chi connectivity index (χ1n) is 8.31.